The molecule has 0 heterocycles. The van der Waals surface area contributed by atoms with Crippen molar-refractivity contribution >= 4 is 11.5 Å². The molecule has 0 bridgehead atoms. The Kier molecular flexibility index (Phi) is 5.45. The second-order valence-electron chi connectivity index (χ2n) is 4.12. The van der Waals surface area contributed by atoms with Gasteiger partial charge in [-0.2, -0.15) is 0 Å². The summed E-state index contributed by atoms with van der Waals surface area (Å²) in [5.74, 6) is 0.122. The van der Waals surface area contributed by atoms with Gasteiger partial charge < -0.3 is 20.6 Å². The zero-order valence-electron chi connectivity index (χ0n) is 11.2. The van der Waals surface area contributed by atoms with Gasteiger partial charge in [-0.3, -0.25) is 0 Å². The Labute approximate surface area is 108 Å². The fourth-order valence-corrected chi connectivity index (χ4v) is 1.71. The molecule has 1 aromatic rings. The zero-order valence-corrected chi connectivity index (χ0v) is 11.2. The van der Waals surface area contributed by atoms with Crippen LogP contribution in [0.15, 0.2) is 23.4 Å². The molecule has 100 valence electrons. The molecular formula is C13H21N3O2. The van der Waals surface area contributed by atoms with Gasteiger partial charge in [0.05, 0.1) is 6.61 Å². The number of nitrogens with zero attached hydrogens (tertiary/aromatic N) is 2. The first-order chi connectivity index (χ1) is 8.60. The van der Waals surface area contributed by atoms with E-state index in [2.05, 4.69) is 5.16 Å². The summed E-state index contributed by atoms with van der Waals surface area (Å²) in [7, 11) is 1.96. The molecule has 0 radical (unpaired) electrons. The molecule has 5 nitrogen and oxygen atoms in total. The van der Waals surface area contributed by atoms with Crippen molar-refractivity contribution in [2.45, 2.75) is 13.8 Å². The van der Waals surface area contributed by atoms with Crippen LogP contribution in [0.25, 0.3) is 0 Å². The Morgan fingerprint density at radius 3 is 2.83 bits per heavy atom. The average Bonchev–Trinajstić information content (AvgIpc) is 2.37. The highest BCUT2D eigenvalue weighted by Crippen LogP contribution is 2.20. The first-order valence-corrected chi connectivity index (χ1v) is 5.97. The van der Waals surface area contributed by atoms with Gasteiger partial charge in [0.15, 0.2) is 5.84 Å². The highest BCUT2D eigenvalue weighted by atomic mass is 16.5. The smallest absolute Gasteiger partial charge is 0.172 e. The minimum atomic E-state index is 0.122. The van der Waals surface area contributed by atoms with Crippen LogP contribution in [0.1, 0.15) is 18.1 Å². The summed E-state index contributed by atoms with van der Waals surface area (Å²) >= 11 is 0. The van der Waals surface area contributed by atoms with Crippen LogP contribution >= 0.6 is 0 Å². The molecule has 0 aliphatic rings. The first kappa shape index (κ1) is 14.3. The van der Waals surface area contributed by atoms with Gasteiger partial charge in [-0.05, 0) is 26.0 Å². The van der Waals surface area contributed by atoms with E-state index >= 15 is 0 Å². The summed E-state index contributed by atoms with van der Waals surface area (Å²) in [6.45, 7) is 6.04. The maximum atomic E-state index is 8.82. The number of amidine groups is 1. The topological polar surface area (TPSA) is 71.1 Å². The first-order valence-electron chi connectivity index (χ1n) is 5.97. The summed E-state index contributed by atoms with van der Waals surface area (Å²) in [5.41, 5.74) is 8.43. The van der Waals surface area contributed by atoms with Gasteiger partial charge in [0.2, 0.25) is 0 Å². The number of likely N-dealkylation sites (N-methyl/N-ethyl adjacent to an activating group) is 1. The third-order valence-corrected chi connectivity index (χ3v) is 2.72. The van der Waals surface area contributed by atoms with Gasteiger partial charge in [-0.25, -0.2) is 0 Å². The number of benzene rings is 1. The number of aryl methyl sites for hydroxylation is 1. The second-order valence-corrected chi connectivity index (χ2v) is 4.12. The minimum Gasteiger partial charge on any atom is -0.409 e. The van der Waals surface area contributed by atoms with E-state index in [9.17, 15) is 0 Å². The van der Waals surface area contributed by atoms with Crippen LogP contribution in [0.4, 0.5) is 5.69 Å². The molecular weight excluding hydrogens is 230 g/mol. The number of rotatable bonds is 6. The normalized spacial score (nSPS) is 11.6. The van der Waals surface area contributed by atoms with E-state index in [-0.39, 0.29) is 5.84 Å². The second kappa shape index (κ2) is 6.86. The molecule has 0 spiro atoms. The lowest BCUT2D eigenvalue weighted by Crippen LogP contribution is -2.26. The van der Waals surface area contributed by atoms with E-state index in [0.29, 0.717) is 13.2 Å². The Morgan fingerprint density at radius 2 is 2.22 bits per heavy atom. The van der Waals surface area contributed by atoms with Crippen molar-refractivity contribution in [1.29, 1.82) is 0 Å². The predicted molar refractivity (Wildman–Crippen MR) is 73.5 cm³/mol. The molecule has 0 fully saturated rings. The minimum absolute atomic E-state index is 0.122. The van der Waals surface area contributed by atoms with Crippen molar-refractivity contribution in [2.24, 2.45) is 10.9 Å². The molecule has 0 unspecified atom stereocenters. The van der Waals surface area contributed by atoms with Crippen LogP contribution in [0.5, 0.6) is 0 Å². The Hall–Kier alpha value is -1.75. The van der Waals surface area contributed by atoms with Crippen LogP contribution < -0.4 is 10.6 Å². The van der Waals surface area contributed by atoms with E-state index in [1.165, 1.54) is 0 Å². The molecule has 3 N–H and O–H groups in total. The highest BCUT2D eigenvalue weighted by molar-refractivity contribution is 6.02. The van der Waals surface area contributed by atoms with E-state index in [0.717, 1.165) is 23.4 Å². The maximum Gasteiger partial charge on any atom is 0.172 e. The summed E-state index contributed by atoms with van der Waals surface area (Å²) in [5, 5.41) is 11.9. The summed E-state index contributed by atoms with van der Waals surface area (Å²) in [6.07, 6.45) is 0. The number of nitrogens with two attached hydrogens (primary N) is 1. The third kappa shape index (κ3) is 3.63. The molecule has 0 aromatic heterocycles. The number of anilines is 1. The molecule has 5 heteroatoms. The van der Waals surface area contributed by atoms with E-state index in [4.69, 9.17) is 15.7 Å². The van der Waals surface area contributed by atoms with Gasteiger partial charge in [0.25, 0.3) is 0 Å². The Morgan fingerprint density at radius 1 is 1.50 bits per heavy atom. The lowest BCUT2D eigenvalue weighted by molar-refractivity contribution is 0.154. The molecule has 0 amide bonds. The molecule has 0 aliphatic carbocycles. The molecule has 0 saturated heterocycles. The van der Waals surface area contributed by atoms with Crippen molar-refractivity contribution in [2.75, 3.05) is 31.7 Å². The molecule has 0 atom stereocenters. The predicted octanol–water partition coefficient (Wildman–Crippen LogP) is 1.56. The van der Waals surface area contributed by atoms with Crippen LogP contribution in [0.3, 0.4) is 0 Å². The fraction of sp³-hybridized carbons (Fsp3) is 0.462. The highest BCUT2D eigenvalue weighted by Gasteiger charge is 2.11. The van der Waals surface area contributed by atoms with Crippen LogP contribution in [-0.4, -0.2) is 37.8 Å². The lowest BCUT2D eigenvalue weighted by atomic mass is 10.1. The van der Waals surface area contributed by atoms with Crippen molar-refractivity contribution in [1.82, 2.24) is 0 Å². The number of hydrogen-bond donors (Lipinski definition) is 2. The summed E-state index contributed by atoms with van der Waals surface area (Å²) in [6, 6.07) is 5.87. The summed E-state index contributed by atoms with van der Waals surface area (Å²) in [4.78, 5) is 2.03. The van der Waals surface area contributed by atoms with Gasteiger partial charge in [0, 0.05) is 31.5 Å². The van der Waals surface area contributed by atoms with Crippen molar-refractivity contribution in [3.05, 3.63) is 29.3 Å². The summed E-state index contributed by atoms with van der Waals surface area (Å²) < 4.78 is 5.32. The standard InChI is InChI=1S/C13H21N3O2/c1-4-18-8-7-16(3)12-6-5-10(2)9-11(12)13(14)15-17/h5-6,9,17H,4,7-8H2,1-3H3,(H2,14,15). The Bertz CT molecular complexity index is 419. The van der Waals surface area contributed by atoms with Crippen molar-refractivity contribution in [3.8, 4) is 0 Å². The van der Waals surface area contributed by atoms with E-state index in [1.807, 2.05) is 44.0 Å². The van der Waals surface area contributed by atoms with Crippen LogP contribution in [0.2, 0.25) is 0 Å². The van der Waals surface area contributed by atoms with Crippen molar-refractivity contribution < 1.29 is 9.94 Å². The van der Waals surface area contributed by atoms with Gasteiger partial charge in [-0.15, -0.1) is 0 Å². The van der Waals surface area contributed by atoms with Crippen LogP contribution in [0, 0.1) is 6.92 Å². The quantitative estimate of drug-likeness (QED) is 0.265. The molecule has 1 aromatic carbocycles. The fourth-order valence-electron chi connectivity index (χ4n) is 1.71. The van der Waals surface area contributed by atoms with E-state index < -0.39 is 0 Å². The molecule has 1 rings (SSSR count). The van der Waals surface area contributed by atoms with Crippen LogP contribution in [-0.2, 0) is 4.74 Å². The van der Waals surface area contributed by atoms with E-state index in [1.54, 1.807) is 0 Å². The van der Waals surface area contributed by atoms with Crippen molar-refractivity contribution in [3.63, 3.8) is 0 Å². The van der Waals surface area contributed by atoms with Gasteiger partial charge >= 0.3 is 0 Å². The lowest BCUT2D eigenvalue weighted by Gasteiger charge is -2.22. The third-order valence-electron chi connectivity index (χ3n) is 2.72. The maximum absolute atomic E-state index is 8.82. The largest absolute Gasteiger partial charge is 0.409 e. The monoisotopic (exact) mass is 251 g/mol. The zero-order chi connectivity index (χ0) is 13.5. The van der Waals surface area contributed by atoms with Gasteiger partial charge in [-0.1, -0.05) is 16.8 Å². The SMILES string of the molecule is CCOCCN(C)c1ccc(C)cc1/C(N)=N/O. The number of oxime groups is 1. The average molecular weight is 251 g/mol. The Balaban J connectivity index is 2.93. The molecule has 0 saturated carbocycles. The van der Waals surface area contributed by atoms with Gasteiger partial charge in [0.1, 0.15) is 0 Å². The molecule has 0 aliphatic heterocycles. The molecule has 18 heavy (non-hydrogen) atoms. The number of hydrogen-bond acceptors (Lipinski definition) is 4. The number of ether oxygens (including phenoxy) is 1.